The zero-order valence-electron chi connectivity index (χ0n) is 14.5. The van der Waals surface area contributed by atoms with Gasteiger partial charge in [-0.05, 0) is 30.3 Å². The smallest absolute Gasteiger partial charge is 0.257 e. The van der Waals surface area contributed by atoms with Gasteiger partial charge in [0, 0.05) is 41.9 Å². The van der Waals surface area contributed by atoms with Gasteiger partial charge in [-0.3, -0.25) is 9.59 Å². The van der Waals surface area contributed by atoms with Crippen molar-refractivity contribution in [1.82, 2.24) is 5.32 Å². The van der Waals surface area contributed by atoms with E-state index in [1.165, 1.54) is 0 Å². The van der Waals surface area contributed by atoms with Crippen LogP contribution in [-0.4, -0.2) is 35.9 Å². The van der Waals surface area contributed by atoms with Crippen molar-refractivity contribution in [2.75, 3.05) is 28.7 Å². The molecule has 3 N–H and O–H groups in total. The van der Waals surface area contributed by atoms with Gasteiger partial charge in [0.2, 0.25) is 5.91 Å². The summed E-state index contributed by atoms with van der Waals surface area (Å²) in [5.74, 6) is 1.61. The van der Waals surface area contributed by atoms with Crippen molar-refractivity contribution in [1.29, 1.82) is 0 Å². The van der Waals surface area contributed by atoms with E-state index >= 15 is 0 Å². The van der Waals surface area contributed by atoms with Crippen LogP contribution in [0.4, 0.5) is 11.4 Å². The Balaban J connectivity index is 0.00000261. The molecule has 1 aliphatic rings. The van der Waals surface area contributed by atoms with E-state index in [9.17, 15) is 9.59 Å². The molecule has 0 aromatic heterocycles. The van der Waals surface area contributed by atoms with E-state index in [-0.39, 0.29) is 30.3 Å². The van der Waals surface area contributed by atoms with Gasteiger partial charge in [-0.15, -0.1) is 12.4 Å². The standard InChI is InChI=1S/C19H20ClN3O2S.ClH/c20-17-7-6-14(22-18(24)11-15-12-26-9-8-21-15)10-16(17)19(25)23-13-4-2-1-3-5-13;/h1-7,10,15,21H,8-9,11-12H2,(H,22,24)(H,23,25);1H. The molecule has 2 amide bonds. The summed E-state index contributed by atoms with van der Waals surface area (Å²) in [6, 6.07) is 14.2. The Morgan fingerprint density at radius 3 is 2.59 bits per heavy atom. The molecule has 1 unspecified atom stereocenters. The second kappa shape index (κ2) is 10.6. The first kappa shape index (κ1) is 21.6. The van der Waals surface area contributed by atoms with Crippen molar-refractivity contribution >= 4 is 59.0 Å². The van der Waals surface area contributed by atoms with Crippen LogP contribution in [0.2, 0.25) is 5.02 Å². The Bertz CT molecular complexity index is 784. The molecule has 0 saturated carbocycles. The van der Waals surface area contributed by atoms with Gasteiger partial charge in [0.25, 0.3) is 5.91 Å². The molecule has 2 aromatic rings. The van der Waals surface area contributed by atoms with Crippen LogP contribution < -0.4 is 16.0 Å². The average Bonchev–Trinajstić information content (AvgIpc) is 2.65. The summed E-state index contributed by atoms with van der Waals surface area (Å²) in [6.07, 6.45) is 0.404. The van der Waals surface area contributed by atoms with Gasteiger partial charge in [-0.1, -0.05) is 29.8 Å². The third-order valence-corrected chi connectivity index (χ3v) is 5.42. The summed E-state index contributed by atoms with van der Waals surface area (Å²) >= 11 is 8.01. The highest BCUT2D eigenvalue weighted by Gasteiger charge is 2.18. The first-order chi connectivity index (χ1) is 12.6. The lowest BCUT2D eigenvalue weighted by molar-refractivity contribution is -0.116. The molecule has 27 heavy (non-hydrogen) atoms. The molecule has 1 heterocycles. The Morgan fingerprint density at radius 1 is 1.11 bits per heavy atom. The zero-order valence-corrected chi connectivity index (χ0v) is 16.9. The molecule has 144 valence electrons. The second-order valence-corrected chi connectivity index (χ2v) is 7.55. The maximum absolute atomic E-state index is 12.5. The molecule has 8 heteroatoms. The Labute approximate surface area is 174 Å². The molecule has 0 spiro atoms. The summed E-state index contributed by atoms with van der Waals surface area (Å²) in [4.78, 5) is 24.7. The molecule has 2 aromatic carbocycles. The van der Waals surface area contributed by atoms with Crippen LogP contribution in [0.1, 0.15) is 16.8 Å². The van der Waals surface area contributed by atoms with Crippen molar-refractivity contribution in [2.24, 2.45) is 0 Å². The minimum absolute atomic E-state index is 0. The molecule has 0 aliphatic carbocycles. The average molecular weight is 426 g/mol. The number of benzene rings is 2. The SMILES string of the molecule is Cl.O=C(CC1CSCCN1)Nc1ccc(Cl)c(C(=O)Nc2ccccc2)c1. The Kier molecular flexibility index (Phi) is 8.44. The molecule has 0 radical (unpaired) electrons. The third-order valence-electron chi connectivity index (χ3n) is 3.96. The van der Waals surface area contributed by atoms with Gasteiger partial charge in [0.15, 0.2) is 0 Å². The lowest BCUT2D eigenvalue weighted by Gasteiger charge is -2.22. The predicted octanol–water partition coefficient (Wildman–Crippen LogP) is 4.05. The highest BCUT2D eigenvalue weighted by molar-refractivity contribution is 7.99. The number of carbonyl (C=O) groups is 2. The second-order valence-electron chi connectivity index (χ2n) is 5.99. The van der Waals surface area contributed by atoms with Gasteiger partial charge in [0.05, 0.1) is 10.6 Å². The number of carbonyl (C=O) groups excluding carboxylic acids is 2. The molecule has 1 atom stereocenters. The fourth-order valence-corrected chi connectivity index (χ4v) is 3.84. The van der Waals surface area contributed by atoms with Crippen LogP contribution in [-0.2, 0) is 4.79 Å². The maximum atomic E-state index is 12.5. The molecule has 1 aliphatic heterocycles. The van der Waals surface area contributed by atoms with Crippen LogP contribution in [0.15, 0.2) is 48.5 Å². The van der Waals surface area contributed by atoms with Crippen LogP contribution in [0.5, 0.6) is 0 Å². The van der Waals surface area contributed by atoms with Gasteiger partial charge < -0.3 is 16.0 Å². The number of halogens is 2. The summed E-state index contributed by atoms with van der Waals surface area (Å²) in [6.45, 7) is 0.924. The number of para-hydroxylation sites is 1. The van der Waals surface area contributed by atoms with Crippen molar-refractivity contribution in [2.45, 2.75) is 12.5 Å². The number of hydrogen-bond donors (Lipinski definition) is 3. The number of rotatable bonds is 5. The predicted molar refractivity (Wildman–Crippen MR) is 115 cm³/mol. The maximum Gasteiger partial charge on any atom is 0.257 e. The van der Waals surface area contributed by atoms with Crippen molar-refractivity contribution < 1.29 is 9.59 Å². The third kappa shape index (κ3) is 6.43. The number of thioether (sulfide) groups is 1. The first-order valence-corrected chi connectivity index (χ1v) is 9.92. The number of anilines is 2. The van der Waals surface area contributed by atoms with E-state index in [2.05, 4.69) is 16.0 Å². The van der Waals surface area contributed by atoms with E-state index in [1.54, 1.807) is 30.3 Å². The van der Waals surface area contributed by atoms with E-state index in [0.717, 1.165) is 18.1 Å². The molecular formula is C19H21Cl2N3O2S. The molecular weight excluding hydrogens is 405 g/mol. The van der Waals surface area contributed by atoms with Crippen LogP contribution >= 0.6 is 35.8 Å². The lowest BCUT2D eigenvalue weighted by Crippen LogP contribution is -2.39. The quantitative estimate of drug-likeness (QED) is 0.675. The minimum Gasteiger partial charge on any atom is -0.326 e. The van der Waals surface area contributed by atoms with Crippen molar-refractivity contribution in [3.8, 4) is 0 Å². The van der Waals surface area contributed by atoms with Crippen LogP contribution in [0.3, 0.4) is 0 Å². The van der Waals surface area contributed by atoms with Crippen molar-refractivity contribution in [3.05, 3.63) is 59.1 Å². The van der Waals surface area contributed by atoms with Crippen LogP contribution in [0, 0.1) is 0 Å². The van der Waals surface area contributed by atoms with Crippen molar-refractivity contribution in [3.63, 3.8) is 0 Å². The van der Waals surface area contributed by atoms with Gasteiger partial charge in [0.1, 0.15) is 0 Å². The summed E-state index contributed by atoms with van der Waals surface area (Å²) in [7, 11) is 0. The monoisotopic (exact) mass is 425 g/mol. The van der Waals surface area contributed by atoms with Crippen LogP contribution in [0.25, 0.3) is 0 Å². The highest BCUT2D eigenvalue weighted by atomic mass is 35.5. The molecule has 3 rings (SSSR count). The number of nitrogens with one attached hydrogen (secondary N) is 3. The van der Waals surface area contributed by atoms with Gasteiger partial charge in [-0.2, -0.15) is 11.8 Å². The van der Waals surface area contributed by atoms with Gasteiger partial charge >= 0.3 is 0 Å². The fraction of sp³-hybridized carbons (Fsp3) is 0.263. The highest BCUT2D eigenvalue weighted by Crippen LogP contribution is 2.22. The fourth-order valence-electron chi connectivity index (χ4n) is 2.68. The summed E-state index contributed by atoms with van der Waals surface area (Å²) in [5, 5.41) is 9.32. The molecule has 5 nitrogen and oxygen atoms in total. The summed E-state index contributed by atoms with van der Waals surface area (Å²) < 4.78 is 0. The lowest BCUT2D eigenvalue weighted by atomic mass is 10.1. The topological polar surface area (TPSA) is 70.2 Å². The molecule has 1 saturated heterocycles. The summed E-state index contributed by atoms with van der Waals surface area (Å²) in [5.41, 5.74) is 1.56. The molecule has 1 fully saturated rings. The van der Waals surface area contributed by atoms with E-state index in [0.29, 0.717) is 28.4 Å². The zero-order chi connectivity index (χ0) is 18.4. The minimum atomic E-state index is -0.317. The normalized spacial score (nSPS) is 16.1. The van der Waals surface area contributed by atoms with E-state index in [1.807, 2.05) is 30.0 Å². The number of amides is 2. The molecule has 0 bridgehead atoms. The Hall–Kier alpha value is -1.73. The van der Waals surface area contributed by atoms with E-state index < -0.39 is 0 Å². The van der Waals surface area contributed by atoms with Gasteiger partial charge in [-0.25, -0.2) is 0 Å². The Morgan fingerprint density at radius 2 is 1.89 bits per heavy atom. The first-order valence-electron chi connectivity index (χ1n) is 8.39. The number of hydrogen-bond acceptors (Lipinski definition) is 4. The van der Waals surface area contributed by atoms with E-state index in [4.69, 9.17) is 11.6 Å². The largest absolute Gasteiger partial charge is 0.326 e.